The number of halogens is 1. The third kappa shape index (κ3) is 3.29. The summed E-state index contributed by atoms with van der Waals surface area (Å²) < 4.78 is 12.8. The van der Waals surface area contributed by atoms with Crippen molar-refractivity contribution in [3.05, 3.63) is 66.0 Å². The van der Waals surface area contributed by atoms with E-state index in [2.05, 4.69) is 18.1 Å². The zero-order valence-electron chi connectivity index (χ0n) is 11.0. The van der Waals surface area contributed by atoms with Crippen molar-refractivity contribution in [2.45, 2.75) is 13.1 Å². The van der Waals surface area contributed by atoms with Crippen molar-refractivity contribution in [2.24, 2.45) is 0 Å². The van der Waals surface area contributed by atoms with Crippen molar-refractivity contribution in [2.75, 3.05) is 0 Å². The van der Waals surface area contributed by atoms with Gasteiger partial charge in [-0.2, -0.15) is 0 Å². The predicted octanol–water partition coefficient (Wildman–Crippen LogP) is 2.67. The molecule has 0 aliphatic carbocycles. The van der Waals surface area contributed by atoms with Gasteiger partial charge in [-0.3, -0.25) is 4.79 Å². The van der Waals surface area contributed by atoms with Crippen molar-refractivity contribution in [3.8, 4) is 0 Å². The van der Waals surface area contributed by atoms with Gasteiger partial charge in [0.25, 0.3) is 0 Å². The van der Waals surface area contributed by atoms with Crippen LogP contribution in [0.25, 0.3) is 0 Å². The first-order valence-electron chi connectivity index (χ1n) is 6.13. The molecule has 2 rings (SSSR count). The molecule has 0 aliphatic heterocycles. The van der Waals surface area contributed by atoms with E-state index in [-0.39, 0.29) is 11.7 Å². The molecule has 4 heteroatoms. The van der Waals surface area contributed by atoms with Crippen LogP contribution in [0, 0.1) is 5.82 Å². The van der Waals surface area contributed by atoms with E-state index in [0.717, 1.165) is 5.19 Å². The molecule has 0 bridgehead atoms. The Morgan fingerprint density at radius 2 is 1.58 bits per heavy atom. The minimum Gasteiger partial charge on any atom is -0.374 e. The number of hydrogen-bond donors (Lipinski definition) is 1. The largest absolute Gasteiger partial charge is 0.374 e. The van der Waals surface area contributed by atoms with E-state index in [4.69, 9.17) is 0 Å². The van der Waals surface area contributed by atoms with Crippen LogP contribution in [0.1, 0.15) is 10.4 Å². The number of rotatable bonds is 3. The van der Waals surface area contributed by atoms with Gasteiger partial charge in [0.1, 0.15) is 5.82 Å². The fraction of sp³-hybridized carbons (Fsp3) is 0.133. The molecule has 2 aromatic rings. The fourth-order valence-corrected chi connectivity index (χ4v) is 3.77. The summed E-state index contributed by atoms with van der Waals surface area (Å²) in [5.41, 5.74) is 0.484. The van der Waals surface area contributed by atoms with Crippen LogP contribution >= 0.6 is 0 Å². The van der Waals surface area contributed by atoms with E-state index in [1.165, 1.54) is 24.3 Å². The maximum Gasteiger partial charge on any atom is 0.243 e. The van der Waals surface area contributed by atoms with Crippen LogP contribution in [0.5, 0.6) is 0 Å². The summed E-state index contributed by atoms with van der Waals surface area (Å²) >= 11 is 0. The van der Waals surface area contributed by atoms with Gasteiger partial charge in [-0.25, -0.2) is 4.39 Å². The Labute approximate surface area is 113 Å². The fourth-order valence-electron chi connectivity index (χ4n) is 1.88. The first-order valence-corrected chi connectivity index (χ1v) is 9.13. The lowest BCUT2D eigenvalue weighted by molar-refractivity contribution is 0.0978. The number of amides is 1. The average Bonchev–Trinajstić information content (AvgIpc) is 2.40. The maximum atomic E-state index is 12.8. The van der Waals surface area contributed by atoms with Crippen molar-refractivity contribution in [1.29, 1.82) is 0 Å². The Morgan fingerprint density at radius 1 is 1.00 bits per heavy atom. The van der Waals surface area contributed by atoms with E-state index >= 15 is 0 Å². The highest BCUT2D eigenvalue weighted by Gasteiger charge is 2.26. The zero-order chi connectivity index (χ0) is 13.9. The molecule has 1 N–H and O–H groups in total. The van der Waals surface area contributed by atoms with Crippen LogP contribution in [0.4, 0.5) is 4.39 Å². The van der Waals surface area contributed by atoms with E-state index in [1.54, 1.807) is 0 Å². The molecule has 0 saturated carbocycles. The molecule has 98 valence electrons. The number of carbonyl (C=O) groups is 1. The Bertz CT molecular complexity index is 566. The third-order valence-corrected chi connectivity index (χ3v) is 5.66. The van der Waals surface area contributed by atoms with Crippen molar-refractivity contribution >= 4 is 19.3 Å². The lowest BCUT2D eigenvalue weighted by Crippen LogP contribution is -2.57. The molecule has 2 nitrogen and oxygen atoms in total. The van der Waals surface area contributed by atoms with Gasteiger partial charge in [-0.15, -0.1) is 0 Å². The SMILES string of the molecule is C[Si](C)(NC(=O)c1ccc(F)cc1)c1ccccc1. The molecule has 0 fully saturated rings. The summed E-state index contributed by atoms with van der Waals surface area (Å²) in [4.78, 5) is 15.2. The molecule has 0 radical (unpaired) electrons. The molecule has 0 unspecified atom stereocenters. The summed E-state index contributed by atoms with van der Waals surface area (Å²) in [7, 11) is -2.03. The van der Waals surface area contributed by atoms with Crippen molar-refractivity contribution in [3.63, 3.8) is 0 Å². The Kier molecular flexibility index (Phi) is 3.81. The van der Waals surface area contributed by atoms with Crippen LogP contribution in [0.2, 0.25) is 13.1 Å². The molecular formula is C15H16FNOSi. The van der Waals surface area contributed by atoms with Gasteiger partial charge in [0.15, 0.2) is 8.24 Å². The second-order valence-electron chi connectivity index (χ2n) is 4.95. The molecular weight excluding hydrogens is 257 g/mol. The standard InChI is InChI=1S/C15H16FNOSi/c1-19(2,14-6-4-3-5-7-14)17-15(18)12-8-10-13(16)11-9-12/h3-11H,1-2H3,(H,17,18). The van der Waals surface area contributed by atoms with E-state index in [9.17, 15) is 9.18 Å². The Hall–Kier alpha value is -1.94. The summed E-state index contributed by atoms with van der Waals surface area (Å²) in [5.74, 6) is -0.489. The normalized spacial score (nSPS) is 11.1. The number of benzene rings is 2. The van der Waals surface area contributed by atoms with E-state index < -0.39 is 8.24 Å². The highest BCUT2D eigenvalue weighted by atomic mass is 28.3. The summed E-state index contributed by atoms with van der Waals surface area (Å²) in [6.45, 7) is 4.15. The summed E-state index contributed by atoms with van der Waals surface area (Å²) in [6, 6.07) is 15.5. The highest BCUT2D eigenvalue weighted by molar-refractivity contribution is 6.89. The van der Waals surface area contributed by atoms with Crippen LogP contribution in [-0.2, 0) is 0 Å². The second-order valence-corrected chi connectivity index (χ2v) is 9.03. The molecule has 2 aromatic carbocycles. The molecule has 0 heterocycles. The highest BCUT2D eigenvalue weighted by Crippen LogP contribution is 2.05. The van der Waals surface area contributed by atoms with Gasteiger partial charge >= 0.3 is 0 Å². The lowest BCUT2D eigenvalue weighted by atomic mass is 10.2. The first kappa shape index (κ1) is 13.5. The van der Waals surface area contributed by atoms with Crippen LogP contribution in [0.3, 0.4) is 0 Å². The summed E-state index contributed by atoms with van der Waals surface area (Å²) in [5, 5.41) is 1.16. The zero-order valence-corrected chi connectivity index (χ0v) is 12.0. The molecule has 0 aromatic heterocycles. The third-order valence-electron chi connectivity index (χ3n) is 3.03. The van der Waals surface area contributed by atoms with Gasteiger partial charge in [0.2, 0.25) is 5.91 Å². The summed E-state index contributed by atoms with van der Waals surface area (Å²) in [6.07, 6.45) is 0. The topological polar surface area (TPSA) is 29.1 Å². The minimum absolute atomic E-state index is 0.152. The number of hydrogen-bond acceptors (Lipinski definition) is 1. The quantitative estimate of drug-likeness (QED) is 0.856. The maximum absolute atomic E-state index is 12.8. The minimum atomic E-state index is -2.03. The monoisotopic (exact) mass is 273 g/mol. The Morgan fingerprint density at radius 3 is 2.16 bits per heavy atom. The molecule has 1 amide bonds. The Balaban J connectivity index is 2.16. The van der Waals surface area contributed by atoms with Gasteiger partial charge in [-0.05, 0) is 42.5 Å². The number of nitrogens with one attached hydrogen (secondary N) is 1. The van der Waals surface area contributed by atoms with Crippen LogP contribution < -0.4 is 10.2 Å². The smallest absolute Gasteiger partial charge is 0.243 e. The van der Waals surface area contributed by atoms with Gasteiger partial charge in [-0.1, -0.05) is 30.3 Å². The first-order chi connectivity index (χ1) is 8.99. The molecule has 0 aliphatic rings. The molecule has 0 saturated heterocycles. The van der Waals surface area contributed by atoms with Crippen LogP contribution in [-0.4, -0.2) is 14.1 Å². The van der Waals surface area contributed by atoms with E-state index in [1.807, 2.05) is 30.3 Å². The van der Waals surface area contributed by atoms with Gasteiger partial charge in [0.05, 0.1) is 0 Å². The molecule has 19 heavy (non-hydrogen) atoms. The van der Waals surface area contributed by atoms with Crippen LogP contribution in [0.15, 0.2) is 54.6 Å². The lowest BCUT2D eigenvalue weighted by Gasteiger charge is -2.24. The van der Waals surface area contributed by atoms with Crippen molar-refractivity contribution < 1.29 is 9.18 Å². The molecule has 0 spiro atoms. The number of carbonyl (C=O) groups excluding carboxylic acids is 1. The average molecular weight is 273 g/mol. The second kappa shape index (κ2) is 5.36. The van der Waals surface area contributed by atoms with E-state index in [0.29, 0.717) is 5.56 Å². The van der Waals surface area contributed by atoms with Gasteiger partial charge < -0.3 is 4.98 Å². The van der Waals surface area contributed by atoms with Crippen molar-refractivity contribution in [1.82, 2.24) is 4.98 Å². The van der Waals surface area contributed by atoms with Gasteiger partial charge in [0, 0.05) is 5.56 Å². The predicted molar refractivity (Wildman–Crippen MR) is 77.4 cm³/mol. The molecule has 0 atom stereocenters.